The Labute approximate surface area is 129 Å². The summed E-state index contributed by atoms with van der Waals surface area (Å²) < 4.78 is 0. The lowest BCUT2D eigenvalue weighted by Gasteiger charge is -2.58. The highest BCUT2D eigenvalue weighted by molar-refractivity contribution is 5.91. The molecule has 1 unspecified atom stereocenters. The minimum absolute atomic E-state index is 0.351. The second-order valence-corrected chi connectivity index (χ2v) is 8.99. The Morgan fingerprint density at radius 1 is 1.00 bits per heavy atom. The van der Waals surface area contributed by atoms with E-state index in [1.165, 1.54) is 44.1 Å². The monoisotopic (exact) mass is 286 g/mol. The summed E-state index contributed by atoms with van der Waals surface area (Å²) in [6.07, 6.45) is 12.2. The maximum Gasteiger partial charge on any atom is 0.155 e. The second-order valence-electron chi connectivity index (χ2n) is 8.99. The number of carbonyl (C=O) groups is 1. The molecule has 4 rings (SSSR count). The molecular formula is C20H30O. The molecule has 0 aliphatic heterocycles. The van der Waals surface area contributed by atoms with E-state index in [0.717, 1.165) is 36.5 Å². The van der Waals surface area contributed by atoms with Gasteiger partial charge in [0.15, 0.2) is 5.78 Å². The van der Waals surface area contributed by atoms with Crippen molar-refractivity contribution in [3.05, 3.63) is 11.6 Å². The molecule has 0 saturated heterocycles. The highest BCUT2D eigenvalue weighted by Gasteiger charge is 2.57. The van der Waals surface area contributed by atoms with Crippen molar-refractivity contribution in [1.82, 2.24) is 0 Å². The van der Waals surface area contributed by atoms with Gasteiger partial charge in [-0.3, -0.25) is 4.79 Å². The van der Waals surface area contributed by atoms with Crippen molar-refractivity contribution < 1.29 is 4.79 Å². The zero-order chi connectivity index (χ0) is 14.8. The van der Waals surface area contributed by atoms with E-state index in [0.29, 0.717) is 16.6 Å². The van der Waals surface area contributed by atoms with Crippen LogP contribution in [0.1, 0.15) is 72.1 Å². The molecule has 0 amide bonds. The fraction of sp³-hybridized carbons (Fsp3) is 0.850. The van der Waals surface area contributed by atoms with E-state index in [4.69, 9.17) is 0 Å². The van der Waals surface area contributed by atoms with Gasteiger partial charge in [-0.25, -0.2) is 0 Å². The van der Waals surface area contributed by atoms with Crippen LogP contribution in [0, 0.1) is 34.5 Å². The molecule has 0 aromatic rings. The molecule has 1 heteroatoms. The summed E-state index contributed by atoms with van der Waals surface area (Å²) in [5, 5.41) is 0. The topological polar surface area (TPSA) is 17.1 Å². The maximum atomic E-state index is 11.8. The first-order valence-corrected chi connectivity index (χ1v) is 9.19. The van der Waals surface area contributed by atoms with E-state index in [1.807, 2.05) is 6.08 Å². The average Bonchev–Trinajstić information content (AvgIpc) is 2.76. The molecule has 0 radical (unpaired) electrons. The van der Waals surface area contributed by atoms with Gasteiger partial charge < -0.3 is 0 Å². The fourth-order valence-electron chi connectivity index (χ4n) is 6.82. The third kappa shape index (κ3) is 1.79. The van der Waals surface area contributed by atoms with Crippen molar-refractivity contribution in [3.8, 4) is 0 Å². The summed E-state index contributed by atoms with van der Waals surface area (Å²) in [4.78, 5) is 11.8. The number of hydrogen-bond acceptors (Lipinski definition) is 1. The van der Waals surface area contributed by atoms with Gasteiger partial charge in [-0.05, 0) is 85.5 Å². The highest BCUT2D eigenvalue weighted by atomic mass is 16.1. The van der Waals surface area contributed by atoms with E-state index in [2.05, 4.69) is 20.8 Å². The van der Waals surface area contributed by atoms with Crippen LogP contribution < -0.4 is 0 Å². The summed E-state index contributed by atoms with van der Waals surface area (Å²) in [6.45, 7) is 7.57. The van der Waals surface area contributed by atoms with Crippen LogP contribution in [0.25, 0.3) is 0 Å². The Kier molecular flexibility index (Phi) is 2.98. The van der Waals surface area contributed by atoms with Gasteiger partial charge in [0, 0.05) is 6.42 Å². The molecule has 3 fully saturated rings. The van der Waals surface area contributed by atoms with Gasteiger partial charge >= 0.3 is 0 Å². The molecule has 0 heterocycles. The van der Waals surface area contributed by atoms with Crippen LogP contribution in [0.2, 0.25) is 0 Å². The van der Waals surface area contributed by atoms with Gasteiger partial charge in [0.05, 0.1) is 0 Å². The molecule has 3 saturated carbocycles. The molecular weight excluding hydrogens is 256 g/mol. The Morgan fingerprint density at radius 3 is 2.62 bits per heavy atom. The average molecular weight is 286 g/mol. The quantitative estimate of drug-likeness (QED) is 0.601. The molecule has 4 aliphatic carbocycles. The summed E-state index contributed by atoms with van der Waals surface area (Å²) in [6, 6.07) is 0. The zero-order valence-corrected chi connectivity index (χ0v) is 14.0. The molecule has 0 N–H and O–H groups in total. The summed E-state index contributed by atoms with van der Waals surface area (Å²) in [5.74, 6) is 4.05. The van der Waals surface area contributed by atoms with Crippen molar-refractivity contribution in [2.75, 3.05) is 0 Å². The van der Waals surface area contributed by atoms with Gasteiger partial charge in [0.1, 0.15) is 0 Å². The predicted octanol–water partition coefficient (Wildman–Crippen LogP) is 5.15. The van der Waals surface area contributed by atoms with E-state index < -0.39 is 0 Å². The van der Waals surface area contributed by atoms with Crippen LogP contribution in [0.3, 0.4) is 0 Å². The molecule has 21 heavy (non-hydrogen) atoms. The van der Waals surface area contributed by atoms with Crippen molar-refractivity contribution in [2.45, 2.75) is 72.1 Å². The number of fused-ring (bicyclic) bond motifs is 5. The lowest BCUT2D eigenvalue weighted by atomic mass is 9.47. The lowest BCUT2D eigenvalue weighted by Crippen LogP contribution is -2.50. The normalized spacial score (nSPS) is 52.7. The minimum atomic E-state index is 0.351. The molecule has 0 bridgehead atoms. The Hall–Kier alpha value is -0.590. The van der Waals surface area contributed by atoms with E-state index in [9.17, 15) is 4.79 Å². The SMILES string of the molecule is CC1CC[C@H]2[C@@H]3CCC4=CC(=O)CC[C@]4(C)[C@@H]3CC[C@]12C. The lowest BCUT2D eigenvalue weighted by molar-refractivity contribution is -0.117. The summed E-state index contributed by atoms with van der Waals surface area (Å²) >= 11 is 0. The Bertz CT molecular complexity index is 504. The molecule has 6 atom stereocenters. The molecule has 0 aromatic carbocycles. The fourth-order valence-corrected chi connectivity index (χ4v) is 6.82. The number of rotatable bonds is 0. The van der Waals surface area contributed by atoms with E-state index in [1.54, 1.807) is 0 Å². The molecule has 0 aromatic heterocycles. The van der Waals surface area contributed by atoms with Crippen LogP contribution >= 0.6 is 0 Å². The number of hydrogen-bond donors (Lipinski definition) is 0. The first-order valence-electron chi connectivity index (χ1n) is 9.19. The second kappa shape index (κ2) is 4.46. The van der Waals surface area contributed by atoms with Crippen molar-refractivity contribution in [2.24, 2.45) is 34.5 Å². The van der Waals surface area contributed by atoms with Crippen molar-refractivity contribution in [1.29, 1.82) is 0 Å². The van der Waals surface area contributed by atoms with Gasteiger partial charge in [0.25, 0.3) is 0 Å². The van der Waals surface area contributed by atoms with Crippen LogP contribution in [0.4, 0.5) is 0 Å². The minimum Gasteiger partial charge on any atom is -0.295 e. The van der Waals surface area contributed by atoms with Crippen molar-refractivity contribution >= 4 is 5.78 Å². The van der Waals surface area contributed by atoms with E-state index in [-0.39, 0.29) is 0 Å². The Balaban J connectivity index is 1.69. The Morgan fingerprint density at radius 2 is 1.81 bits per heavy atom. The summed E-state index contributed by atoms with van der Waals surface area (Å²) in [7, 11) is 0. The largest absolute Gasteiger partial charge is 0.295 e. The van der Waals surface area contributed by atoms with Crippen molar-refractivity contribution in [3.63, 3.8) is 0 Å². The van der Waals surface area contributed by atoms with Crippen LogP contribution in [-0.2, 0) is 4.79 Å². The molecule has 116 valence electrons. The first kappa shape index (κ1) is 14.0. The zero-order valence-electron chi connectivity index (χ0n) is 14.0. The number of carbonyl (C=O) groups excluding carboxylic acids is 1. The van der Waals surface area contributed by atoms with Gasteiger partial charge in [-0.15, -0.1) is 0 Å². The van der Waals surface area contributed by atoms with Crippen LogP contribution in [0.15, 0.2) is 11.6 Å². The van der Waals surface area contributed by atoms with E-state index >= 15 is 0 Å². The third-order valence-corrected chi connectivity index (χ3v) is 8.44. The maximum absolute atomic E-state index is 11.8. The van der Waals surface area contributed by atoms with Crippen LogP contribution in [0.5, 0.6) is 0 Å². The highest BCUT2D eigenvalue weighted by Crippen LogP contribution is 2.66. The predicted molar refractivity (Wildman–Crippen MR) is 85.9 cm³/mol. The standard InChI is InChI=1S/C20H30O/c1-13-4-7-17-16-6-5-14-12-15(21)8-10-20(14,3)18(16)9-11-19(13,17)2/h12-13,16-18H,4-11H2,1-3H3/t13?,16-,17-,18+,19+,20-/m0/s1. The number of allylic oxidation sites excluding steroid dienone is 1. The molecule has 4 aliphatic rings. The first-order chi connectivity index (χ1) is 9.95. The van der Waals surface area contributed by atoms with Gasteiger partial charge in [-0.2, -0.15) is 0 Å². The third-order valence-electron chi connectivity index (χ3n) is 8.44. The smallest absolute Gasteiger partial charge is 0.155 e. The number of ketones is 1. The van der Waals surface area contributed by atoms with Crippen LogP contribution in [-0.4, -0.2) is 5.78 Å². The van der Waals surface area contributed by atoms with Gasteiger partial charge in [0.2, 0.25) is 0 Å². The summed E-state index contributed by atoms with van der Waals surface area (Å²) in [5.41, 5.74) is 2.47. The van der Waals surface area contributed by atoms with Gasteiger partial charge in [-0.1, -0.05) is 26.3 Å². The molecule has 1 nitrogen and oxygen atoms in total. The molecule has 0 spiro atoms.